The number of nitrogens with one attached hydrogen (secondary N) is 1. The molecule has 2 aromatic rings. The van der Waals surface area contributed by atoms with E-state index in [1.165, 1.54) is 6.20 Å². The highest BCUT2D eigenvalue weighted by Gasteiger charge is 2.19. The van der Waals surface area contributed by atoms with Crippen molar-refractivity contribution >= 4 is 6.09 Å². The Morgan fingerprint density at radius 1 is 1.35 bits per heavy atom. The molecule has 0 spiro atoms. The Kier molecular flexibility index (Phi) is 7.09. The average Bonchev–Trinajstić information content (AvgIpc) is 2.66. The normalized spacial score (nSPS) is 12.7. The van der Waals surface area contributed by atoms with Gasteiger partial charge in [-0.3, -0.25) is 0 Å². The summed E-state index contributed by atoms with van der Waals surface area (Å²) in [6.45, 7) is 2.01. The van der Waals surface area contributed by atoms with Gasteiger partial charge in [-0.1, -0.05) is 30.3 Å². The quantitative estimate of drug-likeness (QED) is 0.699. The van der Waals surface area contributed by atoms with E-state index in [-0.39, 0.29) is 25.3 Å². The minimum atomic E-state index is -1.16. The summed E-state index contributed by atoms with van der Waals surface area (Å²) in [6.07, 6.45) is -1.33. The Morgan fingerprint density at radius 2 is 2.08 bits per heavy atom. The molecule has 0 aliphatic carbocycles. The number of aromatic nitrogens is 1. The van der Waals surface area contributed by atoms with Gasteiger partial charge in [-0.05, 0) is 30.5 Å². The van der Waals surface area contributed by atoms with E-state index in [1.54, 1.807) is 13.0 Å². The van der Waals surface area contributed by atoms with Crippen molar-refractivity contribution in [3.8, 4) is 6.07 Å². The zero-order valence-corrected chi connectivity index (χ0v) is 14.4. The zero-order chi connectivity index (χ0) is 18.9. The standard InChI is InChI=1S/C19H21N3O4/c1-13-9-15(11-22-16(13)10-20)18(24)17(23)7-8-21-19(25)26-12-14-5-3-2-4-6-14/h2-6,9,11,17-18,23-24H,7-8,12H2,1H3,(H,21,25). The van der Waals surface area contributed by atoms with E-state index in [4.69, 9.17) is 10.00 Å². The molecule has 0 saturated carbocycles. The van der Waals surface area contributed by atoms with Crippen LogP contribution in [0.1, 0.15) is 34.9 Å². The maximum Gasteiger partial charge on any atom is 0.407 e. The molecule has 26 heavy (non-hydrogen) atoms. The summed E-state index contributed by atoms with van der Waals surface area (Å²) in [5, 5.41) is 31.6. The molecular formula is C19H21N3O4. The van der Waals surface area contributed by atoms with E-state index in [0.29, 0.717) is 11.1 Å². The number of aryl methyl sites for hydroxylation is 1. The van der Waals surface area contributed by atoms with Crippen LogP contribution in [0.3, 0.4) is 0 Å². The van der Waals surface area contributed by atoms with Gasteiger partial charge in [0.1, 0.15) is 24.5 Å². The predicted molar refractivity (Wildman–Crippen MR) is 93.9 cm³/mol. The van der Waals surface area contributed by atoms with Crippen molar-refractivity contribution in [3.63, 3.8) is 0 Å². The van der Waals surface area contributed by atoms with Crippen LogP contribution < -0.4 is 5.32 Å². The number of alkyl carbamates (subject to hydrolysis) is 1. The summed E-state index contributed by atoms with van der Waals surface area (Å²) in [6, 6.07) is 12.8. The Bertz CT molecular complexity index is 774. The number of benzene rings is 1. The second-order valence-electron chi connectivity index (χ2n) is 5.84. The number of rotatable bonds is 7. The van der Waals surface area contributed by atoms with Crippen LogP contribution in [0.2, 0.25) is 0 Å². The molecule has 2 atom stereocenters. The molecule has 136 valence electrons. The molecule has 0 bridgehead atoms. The Balaban J connectivity index is 1.75. The lowest BCUT2D eigenvalue weighted by atomic mass is 10.0. The van der Waals surface area contributed by atoms with E-state index in [1.807, 2.05) is 36.4 Å². The van der Waals surface area contributed by atoms with Crippen molar-refractivity contribution < 1.29 is 19.7 Å². The molecule has 1 aromatic carbocycles. The van der Waals surface area contributed by atoms with Gasteiger partial charge in [-0.25, -0.2) is 9.78 Å². The predicted octanol–water partition coefficient (Wildman–Crippen LogP) is 1.97. The first kappa shape index (κ1) is 19.4. The summed E-state index contributed by atoms with van der Waals surface area (Å²) in [5.41, 5.74) is 2.19. The first-order valence-corrected chi connectivity index (χ1v) is 8.18. The van der Waals surface area contributed by atoms with Crippen LogP contribution in [0.15, 0.2) is 42.6 Å². The molecule has 2 rings (SSSR count). The van der Waals surface area contributed by atoms with Gasteiger partial charge >= 0.3 is 6.09 Å². The molecular weight excluding hydrogens is 334 g/mol. The Hall–Kier alpha value is -2.95. The van der Waals surface area contributed by atoms with Crippen LogP contribution in [-0.4, -0.2) is 33.9 Å². The molecule has 0 saturated heterocycles. The van der Waals surface area contributed by atoms with Crippen molar-refractivity contribution in [2.24, 2.45) is 0 Å². The zero-order valence-electron chi connectivity index (χ0n) is 14.4. The van der Waals surface area contributed by atoms with Gasteiger partial charge < -0.3 is 20.3 Å². The van der Waals surface area contributed by atoms with Crippen LogP contribution in [-0.2, 0) is 11.3 Å². The van der Waals surface area contributed by atoms with Crippen molar-refractivity contribution in [3.05, 3.63) is 65.0 Å². The molecule has 2 unspecified atom stereocenters. The van der Waals surface area contributed by atoms with Crippen LogP contribution in [0.4, 0.5) is 4.79 Å². The number of carbonyl (C=O) groups excluding carboxylic acids is 1. The second kappa shape index (κ2) is 9.51. The van der Waals surface area contributed by atoms with E-state index < -0.39 is 18.3 Å². The van der Waals surface area contributed by atoms with Gasteiger partial charge in [0.15, 0.2) is 0 Å². The maximum atomic E-state index is 11.6. The van der Waals surface area contributed by atoms with E-state index >= 15 is 0 Å². The van der Waals surface area contributed by atoms with E-state index in [9.17, 15) is 15.0 Å². The molecule has 7 heteroatoms. The number of ether oxygens (including phenoxy) is 1. The number of aliphatic hydroxyl groups excluding tert-OH is 2. The third kappa shape index (κ3) is 5.55. The van der Waals surface area contributed by atoms with E-state index in [0.717, 1.165) is 5.56 Å². The van der Waals surface area contributed by atoms with Crippen LogP contribution >= 0.6 is 0 Å². The summed E-state index contributed by atoms with van der Waals surface area (Å²) < 4.78 is 5.06. The highest BCUT2D eigenvalue weighted by Crippen LogP contribution is 2.20. The fourth-order valence-corrected chi connectivity index (χ4v) is 2.35. The summed E-state index contributed by atoms with van der Waals surface area (Å²) in [5.74, 6) is 0. The topological polar surface area (TPSA) is 115 Å². The van der Waals surface area contributed by atoms with Crippen molar-refractivity contribution in [1.29, 1.82) is 5.26 Å². The van der Waals surface area contributed by atoms with Crippen LogP contribution in [0.25, 0.3) is 0 Å². The average molecular weight is 355 g/mol. The van der Waals surface area contributed by atoms with Gasteiger partial charge in [0, 0.05) is 18.3 Å². The third-order valence-electron chi connectivity index (χ3n) is 3.83. The second-order valence-corrected chi connectivity index (χ2v) is 5.84. The maximum absolute atomic E-state index is 11.6. The van der Waals surface area contributed by atoms with Crippen molar-refractivity contribution in [1.82, 2.24) is 10.3 Å². The molecule has 1 amide bonds. The summed E-state index contributed by atoms with van der Waals surface area (Å²) >= 11 is 0. The van der Waals surface area contributed by atoms with Crippen LogP contribution in [0, 0.1) is 18.3 Å². The molecule has 0 fully saturated rings. The number of amides is 1. The summed E-state index contributed by atoms with van der Waals surface area (Å²) in [4.78, 5) is 15.6. The minimum Gasteiger partial charge on any atom is -0.445 e. The smallest absolute Gasteiger partial charge is 0.407 e. The third-order valence-corrected chi connectivity index (χ3v) is 3.83. The van der Waals surface area contributed by atoms with Gasteiger partial charge in [-0.2, -0.15) is 5.26 Å². The Morgan fingerprint density at radius 3 is 2.73 bits per heavy atom. The number of nitriles is 1. The number of aliphatic hydroxyl groups is 2. The first-order chi connectivity index (χ1) is 12.5. The molecule has 7 nitrogen and oxygen atoms in total. The largest absolute Gasteiger partial charge is 0.445 e. The Labute approximate surface area is 151 Å². The number of hydrogen-bond donors (Lipinski definition) is 3. The fourth-order valence-electron chi connectivity index (χ4n) is 2.35. The molecule has 0 aliphatic heterocycles. The summed E-state index contributed by atoms with van der Waals surface area (Å²) in [7, 11) is 0. The number of hydrogen-bond acceptors (Lipinski definition) is 6. The number of nitrogens with zero attached hydrogens (tertiary/aromatic N) is 2. The highest BCUT2D eigenvalue weighted by molar-refractivity contribution is 5.67. The SMILES string of the molecule is Cc1cc(C(O)C(O)CCNC(=O)OCc2ccccc2)cnc1C#N. The lowest BCUT2D eigenvalue weighted by Gasteiger charge is -2.18. The van der Waals surface area contributed by atoms with Crippen molar-refractivity contribution in [2.75, 3.05) is 6.54 Å². The van der Waals surface area contributed by atoms with E-state index in [2.05, 4.69) is 10.3 Å². The number of pyridine rings is 1. The molecule has 0 aliphatic rings. The molecule has 1 heterocycles. The monoisotopic (exact) mass is 355 g/mol. The van der Waals surface area contributed by atoms with Gasteiger partial charge in [0.2, 0.25) is 0 Å². The molecule has 1 aromatic heterocycles. The molecule has 0 radical (unpaired) electrons. The molecule has 3 N–H and O–H groups in total. The number of carbonyl (C=O) groups is 1. The minimum absolute atomic E-state index is 0.140. The van der Waals surface area contributed by atoms with Crippen LogP contribution in [0.5, 0.6) is 0 Å². The van der Waals surface area contributed by atoms with Crippen molar-refractivity contribution in [2.45, 2.75) is 32.2 Å². The highest BCUT2D eigenvalue weighted by atomic mass is 16.5. The first-order valence-electron chi connectivity index (χ1n) is 8.18. The van der Waals surface area contributed by atoms with Gasteiger partial charge in [0.05, 0.1) is 6.10 Å². The van der Waals surface area contributed by atoms with Gasteiger partial charge in [0.25, 0.3) is 0 Å². The lowest BCUT2D eigenvalue weighted by Crippen LogP contribution is -2.29. The fraction of sp³-hybridized carbons (Fsp3) is 0.316. The lowest BCUT2D eigenvalue weighted by molar-refractivity contribution is 0.0134. The van der Waals surface area contributed by atoms with Gasteiger partial charge in [-0.15, -0.1) is 0 Å².